The number of carbonyl (C=O) groups excluding carboxylic acids is 1. The van der Waals surface area contributed by atoms with E-state index in [1.165, 1.54) is 32.7 Å². The third-order valence-electron chi connectivity index (χ3n) is 8.85. The highest BCUT2D eigenvalue weighted by atomic mass is 16.4. The van der Waals surface area contributed by atoms with Gasteiger partial charge in [-0.1, -0.05) is 103 Å². The van der Waals surface area contributed by atoms with Gasteiger partial charge < -0.3 is 10.0 Å². The maximum atomic E-state index is 13.7. The molecule has 2 aliphatic rings. The second-order valence-electron chi connectivity index (χ2n) is 11.3. The molecular formula is C38H31NO3. The van der Waals surface area contributed by atoms with Gasteiger partial charge in [-0.2, -0.15) is 0 Å². The van der Waals surface area contributed by atoms with Crippen LogP contribution >= 0.6 is 0 Å². The summed E-state index contributed by atoms with van der Waals surface area (Å²) in [4.78, 5) is 27.7. The summed E-state index contributed by atoms with van der Waals surface area (Å²) >= 11 is 0. The second kappa shape index (κ2) is 10.8. The Morgan fingerprint density at radius 3 is 2.45 bits per heavy atom. The van der Waals surface area contributed by atoms with Crippen LogP contribution in [-0.2, 0) is 17.6 Å². The highest BCUT2D eigenvalue weighted by molar-refractivity contribution is 6.12. The van der Waals surface area contributed by atoms with Crippen LogP contribution in [0.15, 0.2) is 121 Å². The molecule has 5 aromatic carbocycles. The Morgan fingerprint density at radius 1 is 0.833 bits per heavy atom. The summed E-state index contributed by atoms with van der Waals surface area (Å²) in [5.74, 6) is -1.01. The topological polar surface area (TPSA) is 57.6 Å². The van der Waals surface area contributed by atoms with Gasteiger partial charge in [0.2, 0.25) is 0 Å². The summed E-state index contributed by atoms with van der Waals surface area (Å²) < 4.78 is 0. The van der Waals surface area contributed by atoms with Crippen molar-refractivity contribution in [1.82, 2.24) is 4.90 Å². The number of carbonyl (C=O) groups is 2. The average Bonchev–Trinajstić information content (AvgIpc) is 3.13. The van der Waals surface area contributed by atoms with Crippen molar-refractivity contribution in [2.75, 3.05) is 0 Å². The molecular weight excluding hydrogens is 518 g/mol. The predicted molar refractivity (Wildman–Crippen MR) is 168 cm³/mol. The number of aliphatic carboxylic acids is 1. The van der Waals surface area contributed by atoms with Crippen LogP contribution in [0.4, 0.5) is 0 Å². The van der Waals surface area contributed by atoms with Crippen molar-refractivity contribution >= 4 is 39.4 Å². The molecule has 0 amide bonds. The van der Waals surface area contributed by atoms with Crippen LogP contribution in [0.3, 0.4) is 0 Å². The summed E-state index contributed by atoms with van der Waals surface area (Å²) in [6.45, 7) is 0. The van der Waals surface area contributed by atoms with Gasteiger partial charge in [-0.05, 0) is 75.1 Å². The molecule has 42 heavy (non-hydrogen) atoms. The Labute approximate surface area is 245 Å². The Balaban J connectivity index is 1.37. The van der Waals surface area contributed by atoms with E-state index in [2.05, 4.69) is 53.4 Å². The number of hydrogen-bond acceptors (Lipinski definition) is 3. The quantitative estimate of drug-likeness (QED) is 0.224. The van der Waals surface area contributed by atoms with Crippen molar-refractivity contribution < 1.29 is 14.7 Å². The second-order valence-corrected chi connectivity index (χ2v) is 11.3. The summed E-state index contributed by atoms with van der Waals surface area (Å²) in [7, 11) is 0. The minimum Gasteiger partial charge on any atom is -0.481 e. The zero-order valence-corrected chi connectivity index (χ0v) is 23.2. The Morgan fingerprint density at radius 2 is 1.60 bits per heavy atom. The molecule has 2 atom stereocenters. The zero-order valence-electron chi connectivity index (χ0n) is 23.2. The van der Waals surface area contributed by atoms with Gasteiger partial charge in [-0.25, -0.2) is 0 Å². The number of carboxylic acid groups (broad SMARTS) is 1. The normalized spacial score (nSPS) is 18.5. The molecule has 1 N–H and O–H groups in total. The number of benzene rings is 5. The van der Waals surface area contributed by atoms with E-state index in [9.17, 15) is 14.7 Å². The highest BCUT2D eigenvalue weighted by Crippen LogP contribution is 2.44. The number of hydrogen-bond donors (Lipinski definition) is 1. The van der Waals surface area contributed by atoms with Gasteiger partial charge in [0.25, 0.3) is 0 Å². The lowest BCUT2D eigenvalue weighted by Gasteiger charge is -2.38. The van der Waals surface area contributed by atoms with E-state index in [0.717, 1.165) is 30.4 Å². The van der Waals surface area contributed by atoms with Crippen LogP contribution in [0.2, 0.25) is 0 Å². The summed E-state index contributed by atoms with van der Waals surface area (Å²) in [6, 6.07) is 35.3. The van der Waals surface area contributed by atoms with Crippen LogP contribution in [0.1, 0.15) is 51.5 Å². The van der Waals surface area contributed by atoms with E-state index >= 15 is 0 Å². The van der Waals surface area contributed by atoms with Crippen molar-refractivity contribution in [3.8, 4) is 0 Å². The SMILES string of the molecule is O=C(O)CC1=CN(C=Cc2ccccc2)C(C2CCc3ccc4c(ccc5ccccc54)c3C2)c2ccccc2C1=O. The molecule has 4 heteroatoms. The minimum absolute atomic E-state index is 0.125. The smallest absolute Gasteiger partial charge is 0.308 e. The molecule has 0 saturated carbocycles. The first-order chi connectivity index (χ1) is 20.6. The number of carboxylic acids is 1. The molecule has 4 nitrogen and oxygen atoms in total. The Hall–Kier alpha value is -4.96. The van der Waals surface area contributed by atoms with E-state index < -0.39 is 5.97 Å². The average molecular weight is 550 g/mol. The summed E-state index contributed by atoms with van der Waals surface area (Å²) in [5, 5.41) is 14.8. The van der Waals surface area contributed by atoms with Gasteiger partial charge in [0.15, 0.2) is 5.78 Å². The van der Waals surface area contributed by atoms with Crippen molar-refractivity contribution in [2.45, 2.75) is 31.7 Å². The lowest BCUT2D eigenvalue weighted by molar-refractivity contribution is -0.136. The minimum atomic E-state index is -1.01. The van der Waals surface area contributed by atoms with Gasteiger partial charge in [0.1, 0.15) is 0 Å². The largest absolute Gasteiger partial charge is 0.481 e. The molecule has 0 bridgehead atoms. The van der Waals surface area contributed by atoms with E-state index in [1.54, 1.807) is 6.20 Å². The summed E-state index contributed by atoms with van der Waals surface area (Å²) in [5.41, 5.74) is 5.66. The summed E-state index contributed by atoms with van der Waals surface area (Å²) in [6.07, 6.45) is 8.32. The van der Waals surface area contributed by atoms with E-state index in [0.29, 0.717) is 11.1 Å². The lowest BCUT2D eigenvalue weighted by atomic mass is 9.75. The van der Waals surface area contributed by atoms with Gasteiger partial charge in [-0.3, -0.25) is 9.59 Å². The van der Waals surface area contributed by atoms with Gasteiger partial charge in [0, 0.05) is 23.5 Å². The maximum Gasteiger partial charge on any atom is 0.308 e. The first kappa shape index (κ1) is 26.0. The number of ketones is 1. The molecule has 1 aliphatic carbocycles. The highest BCUT2D eigenvalue weighted by Gasteiger charge is 2.36. The first-order valence-corrected chi connectivity index (χ1v) is 14.6. The molecule has 7 rings (SSSR count). The fraction of sp³-hybridized carbons (Fsp3) is 0.158. The van der Waals surface area contributed by atoms with Crippen LogP contribution in [-0.4, -0.2) is 21.8 Å². The lowest BCUT2D eigenvalue weighted by Crippen LogP contribution is -2.30. The number of Topliss-reactive ketones (excluding diaryl/α,β-unsaturated/α-hetero) is 1. The molecule has 0 radical (unpaired) electrons. The van der Waals surface area contributed by atoms with Crippen molar-refractivity contribution in [1.29, 1.82) is 0 Å². The fourth-order valence-corrected chi connectivity index (χ4v) is 6.92. The first-order valence-electron chi connectivity index (χ1n) is 14.6. The Bertz CT molecular complexity index is 1900. The molecule has 2 unspecified atom stereocenters. The zero-order chi connectivity index (χ0) is 28.6. The molecule has 0 fully saturated rings. The van der Waals surface area contributed by atoms with Crippen LogP contribution in [0.5, 0.6) is 0 Å². The van der Waals surface area contributed by atoms with Crippen LogP contribution in [0, 0.1) is 5.92 Å². The Kier molecular flexibility index (Phi) is 6.67. The molecule has 0 spiro atoms. The molecule has 5 aromatic rings. The molecule has 1 aliphatic heterocycles. The van der Waals surface area contributed by atoms with Crippen molar-refractivity contribution in [3.05, 3.63) is 149 Å². The van der Waals surface area contributed by atoms with E-state index in [1.807, 2.05) is 66.9 Å². The number of nitrogens with zero attached hydrogens (tertiary/aromatic N) is 1. The molecule has 1 heterocycles. The third-order valence-corrected chi connectivity index (χ3v) is 8.85. The number of fused-ring (bicyclic) bond motifs is 6. The van der Waals surface area contributed by atoms with E-state index in [4.69, 9.17) is 0 Å². The monoisotopic (exact) mass is 549 g/mol. The third kappa shape index (κ3) is 4.69. The van der Waals surface area contributed by atoms with Crippen molar-refractivity contribution in [3.63, 3.8) is 0 Å². The molecule has 0 aromatic heterocycles. The van der Waals surface area contributed by atoms with Gasteiger partial charge >= 0.3 is 5.97 Å². The maximum absolute atomic E-state index is 13.7. The van der Waals surface area contributed by atoms with E-state index in [-0.39, 0.29) is 24.2 Å². The van der Waals surface area contributed by atoms with Crippen molar-refractivity contribution in [2.24, 2.45) is 5.92 Å². The molecule has 206 valence electrons. The number of rotatable bonds is 5. The van der Waals surface area contributed by atoms with Crippen LogP contribution in [0.25, 0.3) is 27.6 Å². The van der Waals surface area contributed by atoms with Gasteiger partial charge in [0.05, 0.1) is 12.5 Å². The molecule has 0 saturated heterocycles. The fourth-order valence-electron chi connectivity index (χ4n) is 6.92. The number of aryl methyl sites for hydroxylation is 1. The predicted octanol–water partition coefficient (Wildman–Crippen LogP) is 8.37. The standard InChI is InChI=1S/C38H31NO3/c40-36(41)23-29-24-39(21-20-25-8-2-1-3-9-25)37(33-12-6-7-13-34(33)38(29)42)28-15-14-27-17-18-31-30-11-5-4-10-26(30)16-19-32(31)35(27)22-28/h1-13,16-21,24,28,37H,14-15,22-23H2,(H,40,41). The van der Waals surface area contributed by atoms with Gasteiger partial charge in [-0.15, -0.1) is 0 Å². The van der Waals surface area contributed by atoms with Crippen LogP contribution < -0.4 is 0 Å².